The quantitative estimate of drug-likeness (QED) is 0.696. The standard InChI is InChI=1S/C18H17ClFN5/c1-10-6-12(4-5-15(10)20)17-14(9-24(3)23-17)13-7-16(19)22-25-8-11(2)21-18(13)25/h4-10,15H,1-3H3. The van der Waals surface area contributed by atoms with Crippen LogP contribution in [0.25, 0.3) is 22.3 Å². The fourth-order valence-corrected chi connectivity index (χ4v) is 3.31. The van der Waals surface area contributed by atoms with Crippen molar-refractivity contribution in [2.45, 2.75) is 20.0 Å². The normalized spacial score (nSPS) is 20.3. The molecule has 0 amide bonds. The molecule has 2 atom stereocenters. The van der Waals surface area contributed by atoms with Gasteiger partial charge in [-0.15, -0.1) is 0 Å². The molecule has 1 aliphatic carbocycles. The highest BCUT2D eigenvalue weighted by atomic mass is 35.5. The van der Waals surface area contributed by atoms with Gasteiger partial charge in [-0.05, 0) is 24.6 Å². The van der Waals surface area contributed by atoms with Gasteiger partial charge >= 0.3 is 0 Å². The highest BCUT2D eigenvalue weighted by molar-refractivity contribution is 6.29. The van der Waals surface area contributed by atoms with Crippen LogP contribution in [0.4, 0.5) is 4.39 Å². The Morgan fingerprint density at radius 2 is 2.00 bits per heavy atom. The second-order valence-electron chi connectivity index (χ2n) is 6.38. The largest absolute Gasteiger partial charge is 0.275 e. The maximum Gasteiger partial charge on any atom is 0.161 e. The first-order chi connectivity index (χ1) is 11.9. The Morgan fingerprint density at radius 3 is 2.76 bits per heavy atom. The predicted molar refractivity (Wildman–Crippen MR) is 96.1 cm³/mol. The van der Waals surface area contributed by atoms with Gasteiger partial charge in [0.05, 0.1) is 17.6 Å². The van der Waals surface area contributed by atoms with E-state index in [4.69, 9.17) is 11.6 Å². The van der Waals surface area contributed by atoms with Gasteiger partial charge < -0.3 is 0 Å². The third-order valence-corrected chi connectivity index (χ3v) is 4.50. The summed E-state index contributed by atoms with van der Waals surface area (Å²) in [5, 5.41) is 9.23. The van der Waals surface area contributed by atoms with E-state index < -0.39 is 6.17 Å². The Kier molecular flexibility index (Phi) is 3.72. The summed E-state index contributed by atoms with van der Waals surface area (Å²) in [7, 11) is 1.86. The van der Waals surface area contributed by atoms with Gasteiger partial charge in [-0.3, -0.25) is 4.68 Å². The van der Waals surface area contributed by atoms with E-state index in [1.54, 1.807) is 27.4 Å². The molecule has 0 bridgehead atoms. The lowest BCUT2D eigenvalue weighted by Crippen LogP contribution is -2.11. The molecule has 0 spiro atoms. The summed E-state index contributed by atoms with van der Waals surface area (Å²) < 4.78 is 17.2. The Bertz CT molecular complexity index is 1030. The minimum absolute atomic E-state index is 0.190. The van der Waals surface area contributed by atoms with Gasteiger partial charge in [-0.1, -0.05) is 30.7 Å². The van der Waals surface area contributed by atoms with Crippen molar-refractivity contribution in [3.05, 3.63) is 53.2 Å². The molecule has 25 heavy (non-hydrogen) atoms. The molecule has 2 unspecified atom stereocenters. The van der Waals surface area contributed by atoms with Crippen LogP contribution in [0.1, 0.15) is 18.3 Å². The lowest BCUT2D eigenvalue weighted by atomic mass is 9.92. The first-order valence-corrected chi connectivity index (χ1v) is 8.41. The van der Waals surface area contributed by atoms with E-state index in [1.165, 1.54) is 0 Å². The summed E-state index contributed by atoms with van der Waals surface area (Å²) in [5.41, 5.74) is 4.98. The van der Waals surface area contributed by atoms with Crippen molar-refractivity contribution >= 4 is 22.8 Å². The van der Waals surface area contributed by atoms with E-state index in [9.17, 15) is 4.39 Å². The Morgan fingerprint density at radius 1 is 1.20 bits per heavy atom. The number of hydrogen-bond acceptors (Lipinski definition) is 3. The summed E-state index contributed by atoms with van der Waals surface area (Å²) in [4.78, 5) is 4.56. The number of nitrogens with zero attached hydrogens (tertiary/aromatic N) is 5. The smallest absolute Gasteiger partial charge is 0.161 e. The van der Waals surface area contributed by atoms with Crippen LogP contribution in [0.5, 0.6) is 0 Å². The van der Waals surface area contributed by atoms with E-state index in [0.29, 0.717) is 10.8 Å². The zero-order valence-electron chi connectivity index (χ0n) is 14.1. The summed E-state index contributed by atoms with van der Waals surface area (Å²) in [5.74, 6) is -0.190. The molecule has 0 aliphatic heterocycles. The minimum atomic E-state index is -0.965. The van der Waals surface area contributed by atoms with Crippen LogP contribution in [0, 0.1) is 12.8 Å². The maximum absolute atomic E-state index is 13.8. The average molecular weight is 358 g/mol. The predicted octanol–water partition coefficient (Wildman–Crippen LogP) is 4.02. The molecule has 0 N–H and O–H groups in total. The summed E-state index contributed by atoms with van der Waals surface area (Å²) in [6.45, 7) is 3.77. The number of allylic oxidation sites excluding steroid dienone is 4. The summed E-state index contributed by atoms with van der Waals surface area (Å²) in [6, 6.07) is 1.79. The molecule has 0 saturated carbocycles. The van der Waals surface area contributed by atoms with Crippen LogP contribution < -0.4 is 0 Å². The first-order valence-electron chi connectivity index (χ1n) is 8.03. The van der Waals surface area contributed by atoms with E-state index in [1.807, 2.05) is 39.4 Å². The SMILES string of the molecule is Cc1cn2nc(Cl)cc(-c3cn(C)nc3C3=CC(C)C(F)C=C3)c2n1. The van der Waals surface area contributed by atoms with Crippen molar-refractivity contribution in [1.82, 2.24) is 24.4 Å². The summed E-state index contributed by atoms with van der Waals surface area (Å²) >= 11 is 6.21. The Labute approximate surface area is 149 Å². The van der Waals surface area contributed by atoms with E-state index in [0.717, 1.165) is 28.1 Å². The molecule has 0 fully saturated rings. The van der Waals surface area contributed by atoms with Crippen molar-refractivity contribution < 1.29 is 4.39 Å². The van der Waals surface area contributed by atoms with Gasteiger partial charge in [-0.2, -0.15) is 10.2 Å². The molecule has 0 aromatic carbocycles. The molecule has 0 radical (unpaired) electrons. The van der Waals surface area contributed by atoms with Crippen molar-refractivity contribution in [3.8, 4) is 11.1 Å². The molecule has 128 valence electrons. The number of aromatic nitrogens is 5. The number of halogens is 2. The summed E-state index contributed by atoms with van der Waals surface area (Å²) in [6.07, 6.45) is 8.06. The molecule has 0 saturated heterocycles. The number of alkyl halides is 1. The number of imidazole rings is 1. The average Bonchev–Trinajstić information content (AvgIpc) is 3.11. The van der Waals surface area contributed by atoms with Crippen LogP contribution in [0.2, 0.25) is 5.15 Å². The van der Waals surface area contributed by atoms with Crippen LogP contribution in [-0.2, 0) is 7.05 Å². The van der Waals surface area contributed by atoms with Gasteiger partial charge in [0, 0.05) is 30.3 Å². The highest BCUT2D eigenvalue weighted by Gasteiger charge is 2.22. The third-order valence-electron chi connectivity index (χ3n) is 4.31. The van der Waals surface area contributed by atoms with Crippen molar-refractivity contribution in [2.75, 3.05) is 0 Å². The van der Waals surface area contributed by atoms with Crippen molar-refractivity contribution in [3.63, 3.8) is 0 Å². The monoisotopic (exact) mass is 357 g/mol. The van der Waals surface area contributed by atoms with Gasteiger partial charge in [0.25, 0.3) is 0 Å². The van der Waals surface area contributed by atoms with Crippen LogP contribution >= 0.6 is 11.6 Å². The lowest BCUT2D eigenvalue weighted by Gasteiger charge is -2.16. The van der Waals surface area contributed by atoms with Gasteiger partial charge in [0.2, 0.25) is 0 Å². The molecular weight excluding hydrogens is 341 g/mol. The number of aryl methyl sites for hydroxylation is 2. The van der Waals surface area contributed by atoms with Crippen molar-refractivity contribution in [1.29, 1.82) is 0 Å². The van der Waals surface area contributed by atoms with Gasteiger partial charge in [-0.25, -0.2) is 13.9 Å². The van der Waals surface area contributed by atoms with Gasteiger partial charge in [0.15, 0.2) is 10.8 Å². The fourth-order valence-electron chi connectivity index (χ4n) is 3.12. The number of rotatable bonds is 2. The van der Waals surface area contributed by atoms with Crippen LogP contribution in [-0.4, -0.2) is 30.6 Å². The van der Waals surface area contributed by atoms with E-state index in [2.05, 4.69) is 15.2 Å². The number of fused-ring (bicyclic) bond motifs is 1. The molecular formula is C18H17ClFN5. The zero-order valence-corrected chi connectivity index (χ0v) is 14.9. The lowest BCUT2D eigenvalue weighted by molar-refractivity contribution is 0.335. The van der Waals surface area contributed by atoms with E-state index in [-0.39, 0.29) is 5.92 Å². The zero-order chi connectivity index (χ0) is 17.7. The van der Waals surface area contributed by atoms with Crippen LogP contribution in [0.15, 0.2) is 36.7 Å². The fraction of sp³-hybridized carbons (Fsp3) is 0.278. The molecule has 7 heteroatoms. The topological polar surface area (TPSA) is 48.0 Å². The Balaban J connectivity index is 1.94. The molecule has 4 rings (SSSR count). The second-order valence-corrected chi connectivity index (χ2v) is 6.77. The Hall–Kier alpha value is -2.47. The van der Waals surface area contributed by atoms with Crippen LogP contribution in [0.3, 0.4) is 0 Å². The van der Waals surface area contributed by atoms with E-state index >= 15 is 0 Å². The third kappa shape index (κ3) is 2.76. The minimum Gasteiger partial charge on any atom is -0.275 e. The molecule has 3 aromatic rings. The van der Waals surface area contributed by atoms with Gasteiger partial charge in [0.1, 0.15) is 6.17 Å². The molecule has 3 heterocycles. The second kappa shape index (κ2) is 5.81. The first kappa shape index (κ1) is 16.0. The molecule has 5 nitrogen and oxygen atoms in total. The highest BCUT2D eigenvalue weighted by Crippen LogP contribution is 2.34. The maximum atomic E-state index is 13.8. The molecule has 3 aromatic heterocycles. The number of hydrogen-bond donors (Lipinski definition) is 0. The molecule has 1 aliphatic rings. The van der Waals surface area contributed by atoms with Crippen molar-refractivity contribution in [2.24, 2.45) is 13.0 Å².